The molecule has 1 heterocycles. The Morgan fingerprint density at radius 1 is 1.44 bits per heavy atom. The van der Waals surface area contributed by atoms with E-state index < -0.39 is 0 Å². The Kier molecular flexibility index (Phi) is 4.77. The molecule has 1 aliphatic rings. The van der Waals surface area contributed by atoms with Crippen LogP contribution in [0.3, 0.4) is 0 Å². The molecule has 2 amide bonds. The third-order valence-electron chi connectivity index (χ3n) is 3.06. The molecule has 4 heteroatoms. The van der Waals surface area contributed by atoms with Gasteiger partial charge in [-0.25, -0.2) is 0 Å². The molecule has 1 atom stereocenters. The van der Waals surface area contributed by atoms with Crippen LogP contribution in [0.25, 0.3) is 0 Å². The Morgan fingerprint density at radius 3 is 2.56 bits per heavy atom. The molecule has 1 fully saturated rings. The minimum absolute atomic E-state index is 0.00268. The van der Waals surface area contributed by atoms with E-state index in [9.17, 15) is 9.59 Å². The molecule has 0 aromatic carbocycles. The van der Waals surface area contributed by atoms with Gasteiger partial charge < -0.3 is 10.2 Å². The number of nitrogens with one attached hydrogen (secondary N) is 1. The third kappa shape index (κ3) is 4.67. The lowest BCUT2D eigenvalue weighted by Crippen LogP contribution is -2.44. The lowest BCUT2D eigenvalue weighted by atomic mass is 10.0. The van der Waals surface area contributed by atoms with Gasteiger partial charge in [-0.05, 0) is 33.1 Å². The molecule has 0 spiro atoms. The lowest BCUT2D eigenvalue weighted by molar-refractivity contribution is -0.129. The van der Waals surface area contributed by atoms with E-state index in [2.05, 4.69) is 19.2 Å². The van der Waals surface area contributed by atoms with Crippen molar-refractivity contribution in [3.63, 3.8) is 0 Å². The maximum Gasteiger partial charge on any atom is 0.225 e. The average Bonchev–Trinajstić information content (AvgIpc) is 2.54. The summed E-state index contributed by atoms with van der Waals surface area (Å²) in [5.74, 6) is 0.525. The highest BCUT2D eigenvalue weighted by molar-refractivity contribution is 5.89. The van der Waals surface area contributed by atoms with E-state index in [1.807, 2.05) is 25.7 Å². The number of nitrogens with zero attached hydrogens (tertiary/aromatic N) is 1. The maximum atomic E-state index is 12.0. The molecule has 1 aliphatic heterocycles. The molecule has 1 N–H and O–H groups in total. The van der Waals surface area contributed by atoms with Crippen molar-refractivity contribution >= 4 is 11.8 Å². The largest absolute Gasteiger partial charge is 0.351 e. The van der Waals surface area contributed by atoms with E-state index in [0.29, 0.717) is 18.9 Å². The summed E-state index contributed by atoms with van der Waals surface area (Å²) < 4.78 is 0. The zero-order chi connectivity index (χ0) is 13.9. The summed E-state index contributed by atoms with van der Waals surface area (Å²) in [5, 5.41) is 2.95. The van der Waals surface area contributed by atoms with Gasteiger partial charge in [0.15, 0.2) is 0 Å². The van der Waals surface area contributed by atoms with Crippen molar-refractivity contribution in [3.05, 3.63) is 0 Å². The van der Waals surface area contributed by atoms with Gasteiger partial charge in [0.1, 0.15) is 0 Å². The van der Waals surface area contributed by atoms with Crippen LogP contribution in [0.4, 0.5) is 0 Å². The summed E-state index contributed by atoms with van der Waals surface area (Å²) in [6, 6.07) is 0. The Balaban J connectivity index is 2.48. The third-order valence-corrected chi connectivity index (χ3v) is 3.06. The van der Waals surface area contributed by atoms with Gasteiger partial charge >= 0.3 is 0 Å². The molecule has 4 nitrogen and oxygen atoms in total. The van der Waals surface area contributed by atoms with Crippen molar-refractivity contribution < 1.29 is 9.59 Å². The smallest absolute Gasteiger partial charge is 0.225 e. The molecular formula is C14H26N2O2. The van der Waals surface area contributed by atoms with Gasteiger partial charge in [0.25, 0.3) is 0 Å². The van der Waals surface area contributed by atoms with Crippen LogP contribution in [0.15, 0.2) is 0 Å². The lowest BCUT2D eigenvalue weighted by Gasteiger charge is -2.23. The van der Waals surface area contributed by atoms with Gasteiger partial charge in [-0.2, -0.15) is 0 Å². The van der Waals surface area contributed by atoms with Crippen LogP contribution in [-0.4, -0.2) is 35.3 Å². The fourth-order valence-corrected chi connectivity index (χ4v) is 2.05. The summed E-state index contributed by atoms with van der Waals surface area (Å²) in [6.45, 7) is 11.5. The van der Waals surface area contributed by atoms with Crippen LogP contribution in [0.5, 0.6) is 0 Å². The van der Waals surface area contributed by atoms with Crippen molar-refractivity contribution in [3.8, 4) is 0 Å². The van der Waals surface area contributed by atoms with Crippen molar-refractivity contribution in [2.45, 2.75) is 53.0 Å². The first-order valence-electron chi connectivity index (χ1n) is 6.79. The minimum Gasteiger partial charge on any atom is -0.351 e. The Morgan fingerprint density at radius 2 is 2.06 bits per heavy atom. The van der Waals surface area contributed by atoms with Crippen LogP contribution >= 0.6 is 0 Å². The first-order chi connectivity index (χ1) is 8.19. The number of carbonyl (C=O) groups is 2. The summed E-state index contributed by atoms with van der Waals surface area (Å²) in [4.78, 5) is 25.6. The topological polar surface area (TPSA) is 49.4 Å². The maximum absolute atomic E-state index is 12.0. The molecule has 1 unspecified atom stereocenters. The van der Waals surface area contributed by atoms with E-state index in [1.54, 1.807) is 0 Å². The first kappa shape index (κ1) is 15.0. The number of hydrogen-bond acceptors (Lipinski definition) is 2. The van der Waals surface area contributed by atoms with E-state index in [4.69, 9.17) is 0 Å². The molecule has 18 heavy (non-hydrogen) atoms. The monoisotopic (exact) mass is 254 g/mol. The van der Waals surface area contributed by atoms with E-state index in [-0.39, 0.29) is 23.3 Å². The van der Waals surface area contributed by atoms with Gasteiger partial charge in [0.2, 0.25) is 11.8 Å². The molecule has 1 rings (SSSR count). The number of hydrogen-bond donors (Lipinski definition) is 1. The molecule has 0 bridgehead atoms. The van der Waals surface area contributed by atoms with Crippen LogP contribution in [0.1, 0.15) is 47.5 Å². The highest BCUT2D eigenvalue weighted by atomic mass is 16.2. The van der Waals surface area contributed by atoms with Crippen LogP contribution in [0, 0.1) is 11.8 Å². The fraction of sp³-hybridized carbons (Fsp3) is 0.857. The quantitative estimate of drug-likeness (QED) is 0.831. The molecule has 0 saturated carbocycles. The summed E-state index contributed by atoms with van der Waals surface area (Å²) in [5.41, 5.74) is -0.231. The molecular weight excluding hydrogens is 228 g/mol. The Bertz CT molecular complexity index is 318. The highest BCUT2D eigenvalue weighted by Gasteiger charge is 2.35. The predicted octanol–water partition coefficient (Wildman–Crippen LogP) is 1.80. The second-order valence-electron chi connectivity index (χ2n) is 6.66. The summed E-state index contributed by atoms with van der Waals surface area (Å²) >= 11 is 0. The Labute approximate surface area is 110 Å². The number of rotatable bonds is 4. The van der Waals surface area contributed by atoms with Crippen molar-refractivity contribution in [2.24, 2.45) is 11.8 Å². The predicted molar refractivity (Wildman–Crippen MR) is 72.0 cm³/mol. The van der Waals surface area contributed by atoms with Crippen LogP contribution in [-0.2, 0) is 9.59 Å². The fourth-order valence-electron chi connectivity index (χ4n) is 2.05. The average molecular weight is 254 g/mol. The number of carbonyl (C=O) groups excluding carboxylic acids is 2. The van der Waals surface area contributed by atoms with E-state index in [1.165, 1.54) is 0 Å². The zero-order valence-electron chi connectivity index (χ0n) is 12.2. The van der Waals surface area contributed by atoms with Gasteiger partial charge in [0.05, 0.1) is 5.92 Å². The second-order valence-corrected chi connectivity index (χ2v) is 6.66. The minimum atomic E-state index is -0.231. The van der Waals surface area contributed by atoms with Gasteiger partial charge in [-0.3, -0.25) is 9.59 Å². The first-order valence-corrected chi connectivity index (χ1v) is 6.79. The summed E-state index contributed by atoms with van der Waals surface area (Å²) in [6.07, 6.45) is 1.36. The zero-order valence-corrected chi connectivity index (χ0v) is 12.2. The van der Waals surface area contributed by atoms with Gasteiger partial charge in [0, 0.05) is 25.0 Å². The highest BCUT2D eigenvalue weighted by Crippen LogP contribution is 2.20. The molecule has 0 aromatic rings. The standard InChI is InChI=1S/C14H26N2O2/c1-10(2)6-7-16-9-11(8-12(16)17)13(18)15-14(3,4)5/h10-11H,6-9H2,1-5H3,(H,15,18). The van der Waals surface area contributed by atoms with Gasteiger partial charge in [-0.1, -0.05) is 13.8 Å². The van der Waals surface area contributed by atoms with Crippen molar-refractivity contribution in [1.29, 1.82) is 0 Å². The van der Waals surface area contributed by atoms with Crippen LogP contribution < -0.4 is 5.32 Å². The molecule has 0 radical (unpaired) electrons. The number of amides is 2. The van der Waals surface area contributed by atoms with Crippen molar-refractivity contribution in [2.75, 3.05) is 13.1 Å². The molecule has 0 aromatic heterocycles. The molecule has 1 saturated heterocycles. The van der Waals surface area contributed by atoms with E-state index in [0.717, 1.165) is 13.0 Å². The van der Waals surface area contributed by atoms with E-state index >= 15 is 0 Å². The SMILES string of the molecule is CC(C)CCN1CC(C(=O)NC(C)(C)C)CC1=O. The van der Waals surface area contributed by atoms with Crippen LogP contribution in [0.2, 0.25) is 0 Å². The van der Waals surface area contributed by atoms with Gasteiger partial charge in [-0.15, -0.1) is 0 Å². The second kappa shape index (κ2) is 5.72. The Hall–Kier alpha value is -1.06. The molecule has 0 aliphatic carbocycles. The summed E-state index contributed by atoms with van der Waals surface area (Å²) in [7, 11) is 0. The molecule has 104 valence electrons. The number of likely N-dealkylation sites (tertiary alicyclic amines) is 1. The normalized spacial score (nSPS) is 20.7. The van der Waals surface area contributed by atoms with Crippen molar-refractivity contribution in [1.82, 2.24) is 10.2 Å².